The fraction of sp³-hybridized carbons (Fsp3) is 0.375. The van der Waals surface area contributed by atoms with E-state index in [-0.39, 0.29) is 5.91 Å². The summed E-state index contributed by atoms with van der Waals surface area (Å²) in [6.07, 6.45) is 7.37. The van der Waals surface area contributed by atoms with Crippen molar-refractivity contribution in [1.82, 2.24) is 20.6 Å². The van der Waals surface area contributed by atoms with E-state index in [1.54, 1.807) is 36.0 Å². The summed E-state index contributed by atoms with van der Waals surface area (Å²) in [5, 5.41) is 5.75. The molecule has 0 aliphatic carbocycles. The molecule has 0 unspecified atom stereocenters. The van der Waals surface area contributed by atoms with Crippen molar-refractivity contribution in [2.24, 2.45) is 11.5 Å². The van der Waals surface area contributed by atoms with Gasteiger partial charge in [0.25, 0.3) is 0 Å². The van der Waals surface area contributed by atoms with Crippen LogP contribution >= 0.6 is 11.3 Å². The molecule has 8 nitrogen and oxygen atoms in total. The molecule has 1 aromatic carbocycles. The third-order valence-electron chi connectivity index (χ3n) is 5.32. The van der Waals surface area contributed by atoms with Gasteiger partial charge in [0, 0.05) is 34.6 Å². The van der Waals surface area contributed by atoms with Gasteiger partial charge in [-0.25, -0.2) is 4.98 Å². The number of carbonyl (C=O) groups is 2. The van der Waals surface area contributed by atoms with Crippen LogP contribution in [-0.2, 0) is 28.9 Å². The standard InChI is InChI=1S/C24H32N6O2S/c25-12-5-4-8-19-9-10-20(33-19)11-13-28-23(31)21(14-18-15-27-16-29-18)30-24(32)22(26)17-6-2-1-3-7-17/h1-3,6-7,9-10,15-16,21-22H,4-5,8,11-14,25-26H2,(H,27,29)(H,28,31)(H,30,32)/t21-,22+/m0/s1. The number of aryl methyl sites for hydroxylation is 1. The molecule has 9 heteroatoms. The summed E-state index contributed by atoms with van der Waals surface area (Å²) in [7, 11) is 0. The summed E-state index contributed by atoms with van der Waals surface area (Å²) in [6, 6.07) is 11.7. The largest absolute Gasteiger partial charge is 0.354 e. The molecule has 0 fully saturated rings. The van der Waals surface area contributed by atoms with Gasteiger partial charge < -0.3 is 27.1 Å². The number of aromatic amines is 1. The molecule has 2 heterocycles. The average Bonchev–Trinajstić information content (AvgIpc) is 3.51. The number of nitrogens with zero attached hydrogens (tertiary/aromatic N) is 1. The summed E-state index contributed by atoms with van der Waals surface area (Å²) in [6.45, 7) is 1.21. The molecule has 176 valence electrons. The first-order valence-corrected chi connectivity index (χ1v) is 12.0. The summed E-state index contributed by atoms with van der Waals surface area (Å²) >= 11 is 1.77. The molecule has 0 aliphatic heterocycles. The van der Waals surface area contributed by atoms with Crippen molar-refractivity contribution >= 4 is 23.2 Å². The first-order chi connectivity index (χ1) is 16.1. The number of thiophene rings is 1. The van der Waals surface area contributed by atoms with Gasteiger partial charge in [0.1, 0.15) is 12.1 Å². The Hall–Kier alpha value is -3.01. The van der Waals surface area contributed by atoms with Crippen LogP contribution in [0.2, 0.25) is 0 Å². The molecule has 3 rings (SSSR count). The van der Waals surface area contributed by atoms with Crippen molar-refractivity contribution in [3.05, 3.63) is 76.0 Å². The summed E-state index contributed by atoms with van der Waals surface area (Å²) in [5.74, 6) is -0.654. The van der Waals surface area contributed by atoms with Crippen LogP contribution in [0.15, 0.2) is 55.0 Å². The van der Waals surface area contributed by atoms with Crippen LogP contribution in [0.5, 0.6) is 0 Å². The second-order valence-corrected chi connectivity index (χ2v) is 9.14. The Morgan fingerprint density at radius 2 is 1.79 bits per heavy atom. The molecule has 33 heavy (non-hydrogen) atoms. The van der Waals surface area contributed by atoms with Crippen molar-refractivity contribution in [2.45, 2.75) is 44.2 Å². The lowest BCUT2D eigenvalue weighted by Gasteiger charge is -2.20. The predicted octanol–water partition coefficient (Wildman–Crippen LogP) is 1.84. The average molecular weight is 469 g/mol. The number of hydrogen-bond donors (Lipinski definition) is 5. The summed E-state index contributed by atoms with van der Waals surface area (Å²) < 4.78 is 0. The maximum absolute atomic E-state index is 12.9. The Balaban J connectivity index is 1.55. The van der Waals surface area contributed by atoms with Crippen molar-refractivity contribution in [3.63, 3.8) is 0 Å². The number of imidazole rings is 1. The Morgan fingerprint density at radius 1 is 1.03 bits per heavy atom. The van der Waals surface area contributed by atoms with E-state index in [1.165, 1.54) is 9.75 Å². The lowest BCUT2D eigenvalue weighted by Crippen LogP contribution is -2.50. The molecule has 7 N–H and O–H groups in total. The van der Waals surface area contributed by atoms with Crippen LogP contribution in [0.4, 0.5) is 0 Å². The molecular weight excluding hydrogens is 436 g/mol. The minimum Gasteiger partial charge on any atom is -0.354 e. The second kappa shape index (κ2) is 12.9. The highest BCUT2D eigenvalue weighted by molar-refractivity contribution is 7.11. The molecule has 0 radical (unpaired) electrons. The van der Waals surface area contributed by atoms with Crippen LogP contribution < -0.4 is 22.1 Å². The van der Waals surface area contributed by atoms with Gasteiger partial charge >= 0.3 is 0 Å². The van der Waals surface area contributed by atoms with Crippen LogP contribution in [0.1, 0.15) is 39.9 Å². The van der Waals surface area contributed by atoms with Crippen LogP contribution in [0.3, 0.4) is 0 Å². The van der Waals surface area contributed by atoms with Gasteiger partial charge in [0.15, 0.2) is 0 Å². The molecule has 0 saturated heterocycles. The van der Waals surface area contributed by atoms with E-state index in [2.05, 4.69) is 32.7 Å². The maximum Gasteiger partial charge on any atom is 0.242 e. The maximum atomic E-state index is 12.9. The molecule has 0 aliphatic rings. The third kappa shape index (κ3) is 7.81. The Bertz CT molecular complexity index is 990. The zero-order valence-electron chi connectivity index (χ0n) is 18.6. The first-order valence-electron chi connectivity index (χ1n) is 11.2. The molecule has 0 spiro atoms. The predicted molar refractivity (Wildman–Crippen MR) is 131 cm³/mol. The Morgan fingerprint density at radius 3 is 2.48 bits per heavy atom. The van der Waals surface area contributed by atoms with Crippen molar-refractivity contribution < 1.29 is 9.59 Å². The Labute approximate surface area is 198 Å². The van der Waals surface area contributed by atoms with Gasteiger partial charge in [-0.15, -0.1) is 11.3 Å². The highest BCUT2D eigenvalue weighted by Gasteiger charge is 2.25. The normalized spacial score (nSPS) is 12.8. The quantitative estimate of drug-likeness (QED) is 0.244. The van der Waals surface area contributed by atoms with Crippen LogP contribution in [-0.4, -0.2) is 40.9 Å². The van der Waals surface area contributed by atoms with Crippen molar-refractivity contribution in [2.75, 3.05) is 13.1 Å². The number of benzene rings is 1. The van der Waals surface area contributed by atoms with E-state index < -0.39 is 18.0 Å². The highest BCUT2D eigenvalue weighted by atomic mass is 32.1. The summed E-state index contributed by atoms with van der Waals surface area (Å²) in [5.41, 5.74) is 13.1. The fourth-order valence-electron chi connectivity index (χ4n) is 3.47. The highest BCUT2D eigenvalue weighted by Crippen LogP contribution is 2.19. The number of carbonyl (C=O) groups excluding carboxylic acids is 2. The minimum atomic E-state index is -0.855. The smallest absolute Gasteiger partial charge is 0.242 e. The second-order valence-electron chi connectivity index (χ2n) is 7.89. The molecule has 2 amide bonds. The topological polar surface area (TPSA) is 139 Å². The monoisotopic (exact) mass is 468 g/mol. The number of hydrogen-bond acceptors (Lipinski definition) is 6. The number of unbranched alkanes of at least 4 members (excludes halogenated alkanes) is 1. The SMILES string of the molecule is NCCCCc1ccc(CCNC(=O)[C@H](Cc2cnc[nH]2)NC(=O)[C@H](N)c2ccccc2)s1. The number of amides is 2. The first kappa shape index (κ1) is 24.6. The van der Waals surface area contributed by atoms with E-state index in [0.29, 0.717) is 18.5 Å². The number of nitrogens with one attached hydrogen (secondary N) is 3. The zero-order valence-corrected chi connectivity index (χ0v) is 19.4. The number of H-pyrrole nitrogens is 1. The lowest BCUT2D eigenvalue weighted by atomic mass is 10.1. The third-order valence-corrected chi connectivity index (χ3v) is 6.52. The molecule has 0 saturated carbocycles. The van der Waals surface area contributed by atoms with Gasteiger partial charge in [-0.1, -0.05) is 30.3 Å². The number of nitrogens with two attached hydrogens (primary N) is 2. The van der Waals surface area contributed by atoms with Gasteiger partial charge in [0.2, 0.25) is 11.8 Å². The number of rotatable bonds is 13. The van der Waals surface area contributed by atoms with E-state index in [0.717, 1.165) is 37.9 Å². The minimum absolute atomic E-state index is 0.252. The van der Waals surface area contributed by atoms with E-state index >= 15 is 0 Å². The molecular formula is C24H32N6O2S. The van der Waals surface area contributed by atoms with Gasteiger partial charge in [-0.05, 0) is 49.9 Å². The van der Waals surface area contributed by atoms with Crippen molar-refractivity contribution in [3.8, 4) is 0 Å². The van der Waals surface area contributed by atoms with E-state index in [1.807, 2.05) is 18.2 Å². The van der Waals surface area contributed by atoms with E-state index in [9.17, 15) is 9.59 Å². The van der Waals surface area contributed by atoms with Gasteiger partial charge in [0.05, 0.1) is 6.33 Å². The van der Waals surface area contributed by atoms with Crippen LogP contribution in [0, 0.1) is 0 Å². The van der Waals surface area contributed by atoms with Gasteiger partial charge in [-0.2, -0.15) is 0 Å². The van der Waals surface area contributed by atoms with E-state index in [4.69, 9.17) is 11.5 Å². The molecule has 2 aromatic heterocycles. The van der Waals surface area contributed by atoms with Crippen molar-refractivity contribution in [1.29, 1.82) is 0 Å². The van der Waals surface area contributed by atoms with Gasteiger partial charge in [-0.3, -0.25) is 9.59 Å². The fourth-order valence-corrected chi connectivity index (χ4v) is 4.52. The molecule has 3 aromatic rings. The Kier molecular flexibility index (Phi) is 9.61. The summed E-state index contributed by atoms with van der Waals surface area (Å²) in [4.78, 5) is 35.2. The molecule has 0 bridgehead atoms. The molecule has 2 atom stereocenters. The van der Waals surface area contributed by atoms with Crippen LogP contribution in [0.25, 0.3) is 0 Å². The zero-order chi connectivity index (χ0) is 23.5. The lowest BCUT2D eigenvalue weighted by molar-refractivity contribution is -0.129. The number of aromatic nitrogens is 2.